The van der Waals surface area contributed by atoms with Gasteiger partial charge in [-0.05, 0) is 42.2 Å². The molecule has 0 fully saturated rings. The summed E-state index contributed by atoms with van der Waals surface area (Å²) >= 11 is 0. The maximum Gasteiger partial charge on any atom is 0.325 e. The van der Waals surface area contributed by atoms with Crippen LogP contribution in [0.4, 0.5) is 10.1 Å². The van der Waals surface area contributed by atoms with Gasteiger partial charge in [0.2, 0.25) is 0 Å². The number of rotatable bonds is 8. The van der Waals surface area contributed by atoms with Gasteiger partial charge in [0.25, 0.3) is 11.8 Å². The van der Waals surface area contributed by atoms with Crippen molar-refractivity contribution < 1.29 is 23.5 Å². The molecule has 148 valence electrons. The van der Waals surface area contributed by atoms with Crippen LogP contribution >= 0.6 is 0 Å². The van der Waals surface area contributed by atoms with Crippen molar-refractivity contribution >= 4 is 23.5 Å². The molecule has 2 aromatic carbocycles. The van der Waals surface area contributed by atoms with Gasteiger partial charge in [0.1, 0.15) is 12.4 Å². The van der Waals surface area contributed by atoms with Crippen LogP contribution in [0.2, 0.25) is 0 Å². The predicted octanol–water partition coefficient (Wildman–Crippen LogP) is 2.86. The number of carbonyl (C=O) groups excluding carboxylic acids is 3. The van der Waals surface area contributed by atoms with Crippen LogP contribution < -0.4 is 10.6 Å². The lowest BCUT2D eigenvalue weighted by molar-refractivity contribution is -0.146. The molecule has 6 nitrogen and oxygen atoms in total. The molecule has 0 aromatic heterocycles. The largest absolute Gasteiger partial charge is 0.454 e. The number of anilines is 1. The summed E-state index contributed by atoms with van der Waals surface area (Å²) in [5.74, 6) is -2.38. The van der Waals surface area contributed by atoms with Gasteiger partial charge in [0.05, 0.1) is 0 Å². The minimum Gasteiger partial charge on any atom is -0.454 e. The van der Waals surface area contributed by atoms with Crippen molar-refractivity contribution in [3.05, 3.63) is 65.0 Å². The molecule has 0 saturated carbocycles. The Kier molecular flexibility index (Phi) is 7.68. The van der Waals surface area contributed by atoms with Crippen molar-refractivity contribution in [2.45, 2.75) is 26.7 Å². The zero-order chi connectivity index (χ0) is 20.5. The Bertz CT molecular complexity index is 845. The average Bonchev–Trinajstić information content (AvgIpc) is 2.70. The number of esters is 1. The highest BCUT2D eigenvalue weighted by atomic mass is 19.1. The molecule has 0 unspecified atom stereocenters. The van der Waals surface area contributed by atoms with Crippen LogP contribution in [0, 0.1) is 5.82 Å². The Morgan fingerprint density at radius 2 is 1.64 bits per heavy atom. The van der Waals surface area contributed by atoms with Gasteiger partial charge < -0.3 is 15.4 Å². The first-order valence-electron chi connectivity index (χ1n) is 9.04. The first-order chi connectivity index (χ1) is 13.4. The molecule has 7 heteroatoms. The van der Waals surface area contributed by atoms with Crippen LogP contribution in [0.5, 0.6) is 0 Å². The van der Waals surface area contributed by atoms with Gasteiger partial charge in [0.15, 0.2) is 6.61 Å². The molecule has 0 saturated heterocycles. The first kappa shape index (κ1) is 21.1. The van der Waals surface area contributed by atoms with Crippen molar-refractivity contribution in [1.82, 2.24) is 5.32 Å². The van der Waals surface area contributed by atoms with Gasteiger partial charge in [0, 0.05) is 11.3 Å². The fraction of sp³-hybridized carbons (Fsp3) is 0.286. The number of para-hydroxylation sites is 1. The van der Waals surface area contributed by atoms with Crippen LogP contribution in [0.25, 0.3) is 0 Å². The van der Waals surface area contributed by atoms with Crippen molar-refractivity contribution in [3.8, 4) is 0 Å². The zero-order valence-corrected chi connectivity index (χ0v) is 15.9. The fourth-order valence-corrected chi connectivity index (χ4v) is 2.66. The van der Waals surface area contributed by atoms with Crippen molar-refractivity contribution in [2.24, 2.45) is 0 Å². The molecule has 0 radical (unpaired) electrons. The Morgan fingerprint density at radius 3 is 2.25 bits per heavy atom. The van der Waals surface area contributed by atoms with Crippen LogP contribution in [0.1, 0.15) is 35.3 Å². The van der Waals surface area contributed by atoms with E-state index in [1.807, 2.05) is 32.0 Å². The molecule has 2 rings (SSSR count). The first-order valence-corrected chi connectivity index (χ1v) is 9.04. The number of ether oxygens (including phenoxy) is 1. The highest BCUT2D eigenvalue weighted by molar-refractivity contribution is 5.97. The zero-order valence-electron chi connectivity index (χ0n) is 15.9. The molecule has 2 amide bonds. The van der Waals surface area contributed by atoms with Gasteiger partial charge in [-0.1, -0.05) is 38.1 Å². The number of aryl methyl sites for hydroxylation is 2. The third kappa shape index (κ3) is 5.90. The van der Waals surface area contributed by atoms with Crippen molar-refractivity contribution in [3.63, 3.8) is 0 Å². The molecule has 0 atom stereocenters. The molecule has 0 aliphatic rings. The molecule has 0 aliphatic carbocycles. The summed E-state index contributed by atoms with van der Waals surface area (Å²) in [5.41, 5.74) is 2.84. The monoisotopic (exact) mass is 386 g/mol. The van der Waals surface area contributed by atoms with E-state index in [4.69, 9.17) is 4.74 Å². The van der Waals surface area contributed by atoms with E-state index in [9.17, 15) is 18.8 Å². The highest BCUT2D eigenvalue weighted by Gasteiger charge is 2.13. The summed E-state index contributed by atoms with van der Waals surface area (Å²) in [6.45, 7) is 3.10. The Hall–Kier alpha value is -3.22. The molecule has 0 bridgehead atoms. The summed E-state index contributed by atoms with van der Waals surface area (Å²) < 4.78 is 18.0. The molecule has 2 N–H and O–H groups in total. The minimum absolute atomic E-state index is 0.0915. The van der Waals surface area contributed by atoms with E-state index < -0.39 is 36.8 Å². The van der Waals surface area contributed by atoms with E-state index in [2.05, 4.69) is 10.6 Å². The highest BCUT2D eigenvalue weighted by Crippen LogP contribution is 2.22. The quantitative estimate of drug-likeness (QED) is 0.684. The van der Waals surface area contributed by atoms with Crippen LogP contribution in [0.15, 0.2) is 42.5 Å². The number of carbonyl (C=O) groups is 3. The summed E-state index contributed by atoms with van der Waals surface area (Å²) in [7, 11) is 0. The maximum atomic E-state index is 13.1. The summed E-state index contributed by atoms with van der Waals surface area (Å²) in [6, 6.07) is 10.9. The van der Waals surface area contributed by atoms with Crippen LogP contribution in [-0.4, -0.2) is 30.9 Å². The standard InChI is InChI=1S/C21H23FN2O4/c1-3-14-7-5-8-15(4-2)20(14)24-18(25)13-28-19(26)12-23-21(27)16-9-6-10-17(22)11-16/h5-11H,3-4,12-13H2,1-2H3,(H,23,27)(H,24,25). The van der Waals surface area contributed by atoms with E-state index in [0.717, 1.165) is 35.7 Å². The average molecular weight is 386 g/mol. The maximum absolute atomic E-state index is 13.1. The molecular formula is C21H23FN2O4. The van der Waals surface area contributed by atoms with E-state index in [-0.39, 0.29) is 5.56 Å². The summed E-state index contributed by atoms with van der Waals surface area (Å²) in [6.07, 6.45) is 1.52. The molecule has 0 aliphatic heterocycles. The van der Waals surface area contributed by atoms with Gasteiger partial charge >= 0.3 is 5.97 Å². The number of amides is 2. The Balaban J connectivity index is 1.83. The predicted molar refractivity (Wildman–Crippen MR) is 104 cm³/mol. The minimum atomic E-state index is -0.764. The number of nitrogens with one attached hydrogen (secondary N) is 2. The Morgan fingerprint density at radius 1 is 1.00 bits per heavy atom. The van der Waals surface area contributed by atoms with Gasteiger partial charge in [-0.2, -0.15) is 0 Å². The SMILES string of the molecule is CCc1cccc(CC)c1NC(=O)COC(=O)CNC(=O)c1cccc(F)c1. The second-order valence-corrected chi connectivity index (χ2v) is 6.06. The van der Waals surface area contributed by atoms with Gasteiger partial charge in [-0.3, -0.25) is 14.4 Å². The summed E-state index contributed by atoms with van der Waals surface area (Å²) in [5, 5.41) is 5.11. The lowest BCUT2D eigenvalue weighted by Gasteiger charge is -2.14. The fourth-order valence-electron chi connectivity index (χ4n) is 2.66. The third-order valence-electron chi connectivity index (χ3n) is 4.11. The topological polar surface area (TPSA) is 84.5 Å². The molecule has 0 heterocycles. The van der Waals surface area contributed by atoms with Crippen molar-refractivity contribution in [1.29, 1.82) is 0 Å². The second-order valence-electron chi connectivity index (χ2n) is 6.06. The van der Waals surface area contributed by atoms with E-state index in [0.29, 0.717) is 0 Å². The molecular weight excluding hydrogens is 363 g/mol. The van der Waals surface area contributed by atoms with Crippen LogP contribution in [-0.2, 0) is 27.2 Å². The normalized spacial score (nSPS) is 10.2. The lowest BCUT2D eigenvalue weighted by Crippen LogP contribution is -2.32. The van der Waals surface area contributed by atoms with E-state index in [1.165, 1.54) is 18.2 Å². The molecule has 0 spiro atoms. The third-order valence-corrected chi connectivity index (χ3v) is 4.11. The second kappa shape index (κ2) is 10.2. The van der Waals surface area contributed by atoms with Crippen molar-refractivity contribution in [2.75, 3.05) is 18.5 Å². The van der Waals surface area contributed by atoms with E-state index in [1.54, 1.807) is 0 Å². The Labute approximate surface area is 163 Å². The van der Waals surface area contributed by atoms with E-state index >= 15 is 0 Å². The van der Waals surface area contributed by atoms with Gasteiger partial charge in [-0.15, -0.1) is 0 Å². The molecule has 28 heavy (non-hydrogen) atoms. The lowest BCUT2D eigenvalue weighted by atomic mass is 10.0. The number of hydrogen-bond acceptors (Lipinski definition) is 4. The summed E-state index contributed by atoms with van der Waals surface area (Å²) in [4.78, 5) is 35.7. The number of hydrogen-bond donors (Lipinski definition) is 2. The number of halogens is 1. The smallest absolute Gasteiger partial charge is 0.325 e. The van der Waals surface area contributed by atoms with Crippen LogP contribution in [0.3, 0.4) is 0 Å². The molecule has 2 aromatic rings. The van der Waals surface area contributed by atoms with Gasteiger partial charge in [-0.25, -0.2) is 4.39 Å². The number of benzene rings is 2.